The van der Waals surface area contributed by atoms with Gasteiger partial charge >= 0.3 is 0 Å². The minimum atomic E-state index is -2.73. The molecule has 0 N–H and O–H groups in total. The summed E-state index contributed by atoms with van der Waals surface area (Å²) < 4.78 is 29.2. The first-order chi connectivity index (χ1) is 13.6. The van der Waals surface area contributed by atoms with Crippen LogP contribution in [-0.4, -0.2) is 48.7 Å². The maximum absolute atomic E-state index is 13.8. The Hall–Kier alpha value is -2.00. The molecule has 6 nitrogen and oxygen atoms in total. The van der Waals surface area contributed by atoms with Gasteiger partial charge in [-0.2, -0.15) is 0 Å². The van der Waals surface area contributed by atoms with E-state index in [-0.39, 0.29) is 24.3 Å². The molecule has 1 aliphatic rings. The number of nitrogens with zero attached hydrogens (tertiary/aromatic N) is 6. The zero-order chi connectivity index (χ0) is 20.8. The highest BCUT2D eigenvalue weighted by Crippen LogP contribution is 2.36. The molecule has 0 bridgehead atoms. The second kappa shape index (κ2) is 7.36. The summed E-state index contributed by atoms with van der Waals surface area (Å²) in [7, 11) is 0. The highest BCUT2D eigenvalue weighted by Gasteiger charge is 2.40. The van der Waals surface area contributed by atoms with Crippen LogP contribution in [0.2, 0.25) is 5.02 Å². The first-order valence-corrected chi connectivity index (χ1v) is 10.5. The van der Waals surface area contributed by atoms with Gasteiger partial charge in [-0.1, -0.05) is 67.5 Å². The van der Waals surface area contributed by atoms with Crippen molar-refractivity contribution >= 4 is 40.3 Å². The number of anilines is 1. The zero-order valence-corrected chi connectivity index (χ0v) is 17.9. The SMILES string of the molecule is CC(C)(C)Sc1nc(N2CCC(F)(F)C2)c2nnn(Cc3ccccc3Cl)c2n1. The lowest BCUT2D eigenvalue weighted by Crippen LogP contribution is -2.26. The average molecular weight is 439 g/mol. The Bertz CT molecular complexity index is 1050. The third-order valence-corrected chi connectivity index (χ3v) is 5.81. The molecular formula is C19H21ClF2N6S. The van der Waals surface area contributed by atoms with E-state index in [1.54, 1.807) is 9.58 Å². The molecule has 0 aliphatic carbocycles. The second-order valence-corrected chi connectivity index (χ2v) is 10.3. The van der Waals surface area contributed by atoms with Crippen LogP contribution in [0, 0.1) is 0 Å². The molecule has 4 rings (SSSR count). The summed E-state index contributed by atoms with van der Waals surface area (Å²) in [5.74, 6) is -2.33. The van der Waals surface area contributed by atoms with Crippen LogP contribution in [0.15, 0.2) is 29.4 Å². The first-order valence-electron chi connectivity index (χ1n) is 9.28. The van der Waals surface area contributed by atoms with E-state index in [1.165, 1.54) is 11.8 Å². The van der Waals surface area contributed by atoms with Crippen LogP contribution in [0.25, 0.3) is 11.2 Å². The number of hydrogen-bond donors (Lipinski definition) is 0. The summed E-state index contributed by atoms with van der Waals surface area (Å²) in [6.07, 6.45) is -0.200. The van der Waals surface area contributed by atoms with Crippen molar-refractivity contribution in [1.82, 2.24) is 25.0 Å². The number of aromatic nitrogens is 5. The second-order valence-electron chi connectivity index (χ2n) is 8.08. The van der Waals surface area contributed by atoms with Gasteiger partial charge in [-0.25, -0.2) is 23.4 Å². The van der Waals surface area contributed by atoms with Gasteiger partial charge in [-0.05, 0) is 11.6 Å². The molecule has 2 aromatic heterocycles. The van der Waals surface area contributed by atoms with Gasteiger partial charge in [-0.15, -0.1) is 5.10 Å². The van der Waals surface area contributed by atoms with Crippen LogP contribution < -0.4 is 4.90 Å². The van der Waals surface area contributed by atoms with Crippen molar-refractivity contribution in [1.29, 1.82) is 0 Å². The van der Waals surface area contributed by atoms with Crippen molar-refractivity contribution in [2.75, 3.05) is 18.0 Å². The van der Waals surface area contributed by atoms with E-state index in [1.807, 2.05) is 45.0 Å². The Labute approximate surface area is 176 Å². The van der Waals surface area contributed by atoms with Crippen LogP contribution >= 0.6 is 23.4 Å². The number of alkyl halides is 2. The van der Waals surface area contributed by atoms with Gasteiger partial charge in [-0.3, -0.25) is 0 Å². The standard InChI is InChI=1S/C19H21ClF2N6S/c1-18(2,3)29-17-23-15(27-9-8-19(21,22)11-27)14-16(24-17)28(26-25-14)10-12-6-4-5-7-13(12)20/h4-7H,8-11H2,1-3H3. The third kappa shape index (κ3) is 4.45. The van der Waals surface area contributed by atoms with E-state index in [2.05, 4.69) is 20.3 Å². The number of halogens is 3. The molecule has 1 aromatic carbocycles. The predicted octanol–water partition coefficient (Wildman–Crippen LogP) is 4.66. The monoisotopic (exact) mass is 438 g/mol. The Morgan fingerprint density at radius 3 is 2.62 bits per heavy atom. The van der Waals surface area contributed by atoms with Crippen molar-refractivity contribution < 1.29 is 8.78 Å². The van der Waals surface area contributed by atoms with E-state index in [0.29, 0.717) is 33.7 Å². The summed E-state index contributed by atoms with van der Waals surface area (Å²) >= 11 is 7.77. The van der Waals surface area contributed by atoms with Gasteiger partial charge in [0.2, 0.25) is 0 Å². The lowest BCUT2D eigenvalue weighted by atomic mass is 10.2. The fourth-order valence-electron chi connectivity index (χ4n) is 3.17. The largest absolute Gasteiger partial charge is 0.348 e. The molecule has 0 unspecified atom stereocenters. The Balaban J connectivity index is 1.80. The molecule has 0 atom stereocenters. The van der Waals surface area contributed by atoms with Gasteiger partial charge in [0.25, 0.3) is 5.92 Å². The molecule has 0 amide bonds. The van der Waals surface area contributed by atoms with Crippen molar-refractivity contribution in [3.05, 3.63) is 34.9 Å². The fourth-order valence-corrected chi connectivity index (χ4v) is 4.18. The smallest absolute Gasteiger partial charge is 0.266 e. The summed E-state index contributed by atoms with van der Waals surface area (Å²) in [5, 5.41) is 9.57. The Morgan fingerprint density at radius 1 is 1.21 bits per heavy atom. The quantitative estimate of drug-likeness (QED) is 0.436. The van der Waals surface area contributed by atoms with Gasteiger partial charge in [0.15, 0.2) is 22.1 Å². The van der Waals surface area contributed by atoms with Crippen LogP contribution in [0.5, 0.6) is 0 Å². The molecule has 1 aliphatic heterocycles. The predicted molar refractivity (Wildman–Crippen MR) is 111 cm³/mol. The lowest BCUT2D eigenvalue weighted by Gasteiger charge is -2.20. The molecule has 10 heteroatoms. The Kier molecular flexibility index (Phi) is 5.14. The van der Waals surface area contributed by atoms with Crippen LogP contribution in [0.4, 0.5) is 14.6 Å². The number of hydrogen-bond acceptors (Lipinski definition) is 6. The molecule has 154 valence electrons. The van der Waals surface area contributed by atoms with Gasteiger partial charge < -0.3 is 4.90 Å². The minimum absolute atomic E-state index is 0.138. The van der Waals surface area contributed by atoms with E-state index in [4.69, 9.17) is 11.6 Å². The maximum atomic E-state index is 13.8. The fraction of sp³-hybridized carbons (Fsp3) is 0.474. The third-order valence-electron chi connectivity index (χ3n) is 4.47. The average Bonchev–Trinajstić information content (AvgIpc) is 3.18. The molecule has 0 saturated carbocycles. The lowest BCUT2D eigenvalue weighted by molar-refractivity contribution is 0.0257. The van der Waals surface area contributed by atoms with Crippen molar-refractivity contribution in [3.8, 4) is 0 Å². The minimum Gasteiger partial charge on any atom is -0.348 e. The van der Waals surface area contributed by atoms with Crippen molar-refractivity contribution in [2.45, 2.75) is 49.6 Å². The van der Waals surface area contributed by atoms with Crippen LogP contribution in [0.3, 0.4) is 0 Å². The number of thioether (sulfide) groups is 1. The van der Waals surface area contributed by atoms with Gasteiger partial charge in [0.05, 0.1) is 13.1 Å². The molecule has 0 radical (unpaired) electrons. The van der Waals surface area contributed by atoms with E-state index in [9.17, 15) is 8.78 Å². The molecule has 0 spiro atoms. The topological polar surface area (TPSA) is 59.7 Å². The summed E-state index contributed by atoms with van der Waals surface area (Å²) in [6.45, 7) is 6.37. The van der Waals surface area contributed by atoms with Crippen molar-refractivity contribution in [3.63, 3.8) is 0 Å². The summed E-state index contributed by atoms with van der Waals surface area (Å²) in [4.78, 5) is 10.8. The molecule has 1 saturated heterocycles. The molecule has 3 aromatic rings. The maximum Gasteiger partial charge on any atom is 0.266 e. The Morgan fingerprint density at radius 2 is 1.97 bits per heavy atom. The van der Waals surface area contributed by atoms with E-state index in [0.717, 1.165) is 5.56 Å². The normalized spacial score (nSPS) is 16.7. The molecule has 29 heavy (non-hydrogen) atoms. The molecule has 1 fully saturated rings. The van der Waals surface area contributed by atoms with Crippen LogP contribution in [-0.2, 0) is 6.54 Å². The van der Waals surface area contributed by atoms with Gasteiger partial charge in [0, 0.05) is 22.7 Å². The zero-order valence-electron chi connectivity index (χ0n) is 16.4. The highest BCUT2D eigenvalue weighted by atomic mass is 35.5. The highest BCUT2D eigenvalue weighted by molar-refractivity contribution is 8.00. The van der Waals surface area contributed by atoms with Crippen LogP contribution in [0.1, 0.15) is 32.8 Å². The van der Waals surface area contributed by atoms with E-state index >= 15 is 0 Å². The molecular weight excluding hydrogens is 418 g/mol. The van der Waals surface area contributed by atoms with E-state index < -0.39 is 5.92 Å². The first kappa shape index (κ1) is 20.3. The summed E-state index contributed by atoms with van der Waals surface area (Å²) in [5.41, 5.74) is 1.81. The number of rotatable bonds is 4. The number of benzene rings is 1. The summed E-state index contributed by atoms with van der Waals surface area (Å²) in [6, 6.07) is 7.47. The number of fused-ring (bicyclic) bond motifs is 1. The van der Waals surface area contributed by atoms with Gasteiger partial charge in [0.1, 0.15) is 0 Å². The molecule has 3 heterocycles. The van der Waals surface area contributed by atoms with Crippen molar-refractivity contribution in [2.24, 2.45) is 0 Å².